The van der Waals surface area contributed by atoms with Crippen molar-refractivity contribution in [1.82, 2.24) is 4.98 Å². The van der Waals surface area contributed by atoms with Gasteiger partial charge >= 0.3 is 0 Å². The van der Waals surface area contributed by atoms with Gasteiger partial charge < -0.3 is 4.90 Å². The molecule has 0 spiro atoms. The average Bonchev–Trinajstić information content (AvgIpc) is 3.21. The van der Waals surface area contributed by atoms with E-state index in [4.69, 9.17) is 11.6 Å². The Morgan fingerprint density at radius 2 is 1.88 bits per heavy atom. The average molecular weight is 271 g/mol. The minimum absolute atomic E-state index is 0.358. The molecule has 0 amide bonds. The number of aldehydes is 1. The van der Waals surface area contributed by atoms with Crippen LogP contribution in [0.15, 0.2) is 0 Å². The van der Waals surface area contributed by atoms with Crippen molar-refractivity contribution in [2.24, 2.45) is 11.8 Å². The lowest BCUT2D eigenvalue weighted by Crippen LogP contribution is -2.27. The lowest BCUT2D eigenvalue weighted by Gasteiger charge is -2.21. The molecule has 92 valence electrons. The molecule has 2 saturated carbocycles. The van der Waals surface area contributed by atoms with Crippen LogP contribution in [0.1, 0.15) is 35.4 Å². The van der Waals surface area contributed by atoms with Crippen molar-refractivity contribution in [1.29, 1.82) is 0 Å². The van der Waals surface area contributed by atoms with Crippen LogP contribution < -0.4 is 4.90 Å². The van der Waals surface area contributed by atoms with Crippen molar-refractivity contribution in [3.8, 4) is 0 Å². The standard InChI is InChI=1S/C12H15ClN2OS/c13-11-10(7-16)17-12(14-11)15(5-8-1-2-8)6-9-3-4-9/h7-9H,1-6H2. The molecule has 5 heteroatoms. The van der Waals surface area contributed by atoms with Crippen LogP contribution in [0.25, 0.3) is 0 Å². The SMILES string of the molecule is O=Cc1sc(N(CC2CC2)CC2CC2)nc1Cl. The van der Waals surface area contributed by atoms with Crippen LogP contribution in [0, 0.1) is 11.8 Å². The van der Waals surface area contributed by atoms with Crippen molar-refractivity contribution in [2.75, 3.05) is 18.0 Å². The first-order chi connectivity index (χ1) is 8.26. The van der Waals surface area contributed by atoms with Crippen LogP contribution >= 0.6 is 22.9 Å². The van der Waals surface area contributed by atoms with Crippen molar-refractivity contribution in [2.45, 2.75) is 25.7 Å². The number of hydrogen-bond acceptors (Lipinski definition) is 4. The molecule has 3 nitrogen and oxygen atoms in total. The fraction of sp³-hybridized carbons (Fsp3) is 0.667. The zero-order valence-corrected chi connectivity index (χ0v) is 11.1. The van der Waals surface area contributed by atoms with E-state index >= 15 is 0 Å². The van der Waals surface area contributed by atoms with Crippen LogP contribution in [-0.2, 0) is 0 Å². The normalized spacial score (nSPS) is 19.4. The topological polar surface area (TPSA) is 33.2 Å². The Hall–Kier alpha value is -0.610. The van der Waals surface area contributed by atoms with Gasteiger partial charge in [0.15, 0.2) is 16.6 Å². The second-order valence-corrected chi connectivity index (χ2v) is 6.43. The summed E-state index contributed by atoms with van der Waals surface area (Å²) in [6.45, 7) is 2.16. The quantitative estimate of drug-likeness (QED) is 0.744. The van der Waals surface area contributed by atoms with Gasteiger partial charge in [-0.3, -0.25) is 4.79 Å². The van der Waals surface area contributed by atoms with Gasteiger partial charge in [0, 0.05) is 13.1 Å². The van der Waals surface area contributed by atoms with Crippen molar-refractivity contribution < 1.29 is 4.79 Å². The zero-order chi connectivity index (χ0) is 11.8. The summed E-state index contributed by atoms with van der Waals surface area (Å²) < 4.78 is 0. The van der Waals surface area contributed by atoms with E-state index in [0.29, 0.717) is 10.0 Å². The van der Waals surface area contributed by atoms with Gasteiger partial charge in [0.1, 0.15) is 4.88 Å². The molecule has 1 aromatic rings. The monoisotopic (exact) mass is 270 g/mol. The Morgan fingerprint density at radius 3 is 2.29 bits per heavy atom. The van der Waals surface area contributed by atoms with E-state index in [9.17, 15) is 4.79 Å². The number of thiazole rings is 1. The predicted octanol–water partition coefficient (Wildman–Crippen LogP) is 3.24. The first kappa shape index (κ1) is 11.5. The number of nitrogens with zero attached hydrogens (tertiary/aromatic N) is 2. The molecule has 1 heterocycles. The minimum atomic E-state index is 0.358. The Labute approximate surface area is 110 Å². The fourth-order valence-electron chi connectivity index (χ4n) is 1.97. The molecule has 1 aromatic heterocycles. The number of rotatable bonds is 6. The molecule has 0 radical (unpaired) electrons. The number of halogens is 1. The molecule has 0 atom stereocenters. The highest BCUT2D eigenvalue weighted by Crippen LogP contribution is 2.37. The van der Waals surface area contributed by atoms with Gasteiger partial charge in [-0.15, -0.1) is 0 Å². The molecule has 2 fully saturated rings. The highest BCUT2D eigenvalue weighted by atomic mass is 35.5. The van der Waals surface area contributed by atoms with E-state index in [0.717, 1.165) is 36.3 Å². The van der Waals surface area contributed by atoms with E-state index in [2.05, 4.69) is 9.88 Å². The van der Waals surface area contributed by atoms with Crippen LogP contribution in [0.4, 0.5) is 5.13 Å². The molecule has 2 aliphatic carbocycles. The molecule has 17 heavy (non-hydrogen) atoms. The molecule has 0 aliphatic heterocycles. The summed E-state index contributed by atoms with van der Waals surface area (Å²) in [7, 11) is 0. The van der Waals surface area contributed by atoms with Gasteiger partial charge in [-0.05, 0) is 37.5 Å². The Kier molecular flexibility index (Phi) is 3.09. The van der Waals surface area contributed by atoms with Gasteiger partial charge in [-0.1, -0.05) is 22.9 Å². The lowest BCUT2D eigenvalue weighted by molar-refractivity contribution is 0.112. The van der Waals surface area contributed by atoms with E-state index in [1.54, 1.807) is 0 Å². The third-order valence-electron chi connectivity index (χ3n) is 3.33. The molecular weight excluding hydrogens is 256 g/mol. The number of hydrogen-bond donors (Lipinski definition) is 0. The second-order valence-electron chi connectivity index (χ2n) is 5.06. The number of carbonyl (C=O) groups is 1. The maximum Gasteiger partial charge on any atom is 0.187 e. The van der Waals surface area contributed by atoms with Gasteiger partial charge in [-0.25, -0.2) is 4.98 Å². The lowest BCUT2D eigenvalue weighted by atomic mass is 10.3. The highest BCUT2D eigenvalue weighted by molar-refractivity contribution is 7.17. The third-order valence-corrected chi connectivity index (χ3v) is 4.77. The molecule has 0 unspecified atom stereocenters. The summed E-state index contributed by atoms with van der Waals surface area (Å²) in [6.07, 6.45) is 6.14. The van der Waals surface area contributed by atoms with Crippen LogP contribution in [0.3, 0.4) is 0 Å². The molecule has 0 saturated heterocycles. The first-order valence-corrected chi connectivity index (χ1v) is 7.32. The highest BCUT2D eigenvalue weighted by Gasteiger charge is 2.30. The summed E-state index contributed by atoms with van der Waals surface area (Å²) in [6, 6.07) is 0. The molecule has 0 aromatic carbocycles. The molecule has 0 bridgehead atoms. The molecule has 3 rings (SSSR count). The van der Waals surface area contributed by atoms with E-state index in [1.807, 2.05) is 0 Å². The zero-order valence-electron chi connectivity index (χ0n) is 9.56. The maximum atomic E-state index is 10.8. The van der Waals surface area contributed by atoms with Crippen molar-refractivity contribution in [3.63, 3.8) is 0 Å². The fourth-order valence-corrected chi connectivity index (χ4v) is 3.05. The van der Waals surface area contributed by atoms with Crippen LogP contribution in [0.5, 0.6) is 0 Å². The summed E-state index contributed by atoms with van der Waals surface area (Å²) in [4.78, 5) is 18.0. The predicted molar refractivity (Wildman–Crippen MR) is 70.2 cm³/mol. The largest absolute Gasteiger partial charge is 0.347 e. The van der Waals surface area contributed by atoms with Gasteiger partial charge in [-0.2, -0.15) is 0 Å². The van der Waals surface area contributed by atoms with Crippen LogP contribution in [-0.4, -0.2) is 24.4 Å². The number of carbonyl (C=O) groups excluding carboxylic acids is 1. The summed E-state index contributed by atoms with van der Waals surface area (Å²) in [5.41, 5.74) is 0. The minimum Gasteiger partial charge on any atom is -0.347 e. The van der Waals surface area contributed by atoms with Gasteiger partial charge in [0.2, 0.25) is 0 Å². The Bertz CT molecular complexity index is 412. The number of anilines is 1. The summed E-state index contributed by atoms with van der Waals surface area (Å²) >= 11 is 7.36. The van der Waals surface area contributed by atoms with Crippen molar-refractivity contribution in [3.05, 3.63) is 10.0 Å². The first-order valence-electron chi connectivity index (χ1n) is 6.12. The van der Waals surface area contributed by atoms with E-state index < -0.39 is 0 Å². The molecular formula is C12H15ClN2OS. The molecule has 2 aliphatic rings. The number of aromatic nitrogens is 1. The van der Waals surface area contributed by atoms with Crippen LogP contribution in [0.2, 0.25) is 5.15 Å². The van der Waals surface area contributed by atoms with E-state index in [1.165, 1.54) is 37.0 Å². The summed E-state index contributed by atoms with van der Waals surface area (Å²) in [5, 5.41) is 1.28. The van der Waals surface area contributed by atoms with Gasteiger partial charge in [0.05, 0.1) is 0 Å². The smallest absolute Gasteiger partial charge is 0.187 e. The Balaban J connectivity index is 1.76. The maximum absolute atomic E-state index is 10.8. The second kappa shape index (κ2) is 4.58. The third kappa shape index (κ3) is 2.80. The van der Waals surface area contributed by atoms with E-state index in [-0.39, 0.29) is 0 Å². The van der Waals surface area contributed by atoms with Crippen molar-refractivity contribution >= 4 is 34.4 Å². The van der Waals surface area contributed by atoms with Gasteiger partial charge in [0.25, 0.3) is 0 Å². The summed E-state index contributed by atoms with van der Waals surface area (Å²) in [5.74, 6) is 1.66. The Morgan fingerprint density at radius 1 is 1.29 bits per heavy atom. The molecule has 0 N–H and O–H groups in total.